The normalized spacial score (nSPS) is 9.71. The molecule has 2 nitrogen and oxygen atoms in total. The first-order chi connectivity index (χ1) is 6.84. The first-order valence-electron chi connectivity index (χ1n) is 4.29. The number of aromatic nitrogens is 1. The third-order valence-electron chi connectivity index (χ3n) is 1.80. The lowest BCUT2D eigenvalue weighted by molar-refractivity contribution is 1.32. The number of hydrogen-bond donors (Lipinski definition) is 1. The molecule has 1 N–H and O–H groups in total. The number of pyridine rings is 1. The molecule has 3 heteroatoms. The molecule has 2 aromatic rings. The number of nitrogens with zero attached hydrogens (tertiary/aromatic N) is 1. The van der Waals surface area contributed by atoms with Crippen molar-refractivity contribution < 1.29 is 0 Å². The maximum Gasteiger partial charge on any atom is 0.0570 e. The Hall–Kier alpha value is -1.61. The topological polar surface area (TPSA) is 24.9 Å². The van der Waals surface area contributed by atoms with Crippen LogP contribution in [0.25, 0.3) is 0 Å². The monoisotopic (exact) mass is 201 g/mol. The lowest BCUT2D eigenvalue weighted by Gasteiger charge is -2.04. The van der Waals surface area contributed by atoms with Gasteiger partial charge in [-0.15, -0.1) is 0 Å². The third-order valence-corrected chi connectivity index (χ3v) is 2.08. The molecular formula is C11H9N2S. The van der Waals surface area contributed by atoms with Crippen LogP contribution >= 0.6 is 12.6 Å². The van der Waals surface area contributed by atoms with Crippen LogP contribution in [0.1, 0.15) is 0 Å². The Kier molecular flexibility index (Phi) is 2.60. The van der Waals surface area contributed by atoms with Gasteiger partial charge in [0.1, 0.15) is 0 Å². The first kappa shape index (κ1) is 8.97. The summed E-state index contributed by atoms with van der Waals surface area (Å²) in [4.78, 5) is 4.86. The Bertz CT molecular complexity index is 397. The number of nitrogens with one attached hydrogen (secondary N) is 1. The van der Waals surface area contributed by atoms with Crippen molar-refractivity contribution in [1.82, 2.24) is 4.98 Å². The van der Waals surface area contributed by atoms with Crippen LogP contribution in [0.2, 0.25) is 0 Å². The second kappa shape index (κ2) is 4.07. The van der Waals surface area contributed by atoms with Gasteiger partial charge in [-0.3, -0.25) is 4.98 Å². The van der Waals surface area contributed by atoms with Gasteiger partial charge in [0.05, 0.1) is 11.9 Å². The fourth-order valence-electron chi connectivity index (χ4n) is 1.14. The molecule has 0 aliphatic heterocycles. The average molecular weight is 201 g/mol. The molecule has 1 heterocycles. The van der Waals surface area contributed by atoms with Crippen molar-refractivity contribution >= 4 is 24.0 Å². The second-order valence-corrected chi connectivity index (χ2v) is 3.36. The summed E-state index contributed by atoms with van der Waals surface area (Å²) in [6.45, 7) is 0. The average Bonchev–Trinajstić information content (AvgIpc) is 2.23. The number of hydrogen-bond acceptors (Lipinski definition) is 2. The highest BCUT2D eigenvalue weighted by Gasteiger charge is 1.93. The van der Waals surface area contributed by atoms with Crippen LogP contribution in [-0.2, 0) is 0 Å². The van der Waals surface area contributed by atoms with Crippen molar-refractivity contribution in [2.45, 2.75) is 4.90 Å². The fourth-order valence-corrected chi connectivity index (χ4v) is 1.28. The third kappa shape index (κ3) is 2.20. The molecule has 0 atom stereocenters. The summed E-state index contributed by atoms with van der Waals surface area (Å²) in [6.07, 6.45) is 3.53. The number of anilines is 2. The van der Waals surface area contributed by atoms with Crippen LogP contribution in [-0.4, -0.2) is 4.98 Å². The van der Waals surface area contributed by atoms with E-state index in [-0.39, 0.29) is 0 Å². The van der Waals surface area contributed by atoms with Crippen LogP contribution in [0.3, 0.4) is 0 Å². The molecule has 69 valence electrons. The van der Waals surface area contributed by atoms with Gasteiger partial charge in [0.2, 0.25) is 0 Å². The van der Waals surface area contributed by atoms with E-state index in [0.29, 0.717) is 0 Å². The van der Waals surface area contributed by atoms with Crippen molar-refractivity contribution in [3.05, 3.63) is 48.8 Å². The number of benzene rings is 1. The molecule has 0 aliphatic carbocycles. The van der Waals surface area contributed by atoms with Gasteiger partial charge in [-0.1, -0.05) is 12.6 Å². The van der Waals surface area contributed by atoms with E-state index >= 15 is 0 Å². The van der Waals surface area contributed by atoms with E-state index in [0.717, 1.165) is 16.3 Å². The van der Waals surface area contributed by atoms with Gasteiger partial charge < -0.3 is 5.32 Å². The minimum Gasteiger partial charge on any atom is -0.354 e. The van der Waals surface area contributed by atoms with Crippen molar-refractivity contribution in [2.75, 3.05) is 5.32 Å². The summed E-state index contributed by atoms with van der Waals surface area (Å²) in [5, 5.41) is 3.22. The Labute approximate surface area is 88.4 Å². The Morgan fingerprint density at radius 3 is 2.43 bits per heavy atom. The zero-order chi connectivity index (χ0) is 9.80. The summed E-state index contributed by atoms with van der Waals surface area (Å²) in [7, 11) is 0. The maximum absolute atomic E-state index is 5.00. The van der Waals surface area contributed by atoms with Gasteiger partial charge in [0, 0.05) is 16.8 Å². The molecule has 0 aliphatic rings. The molecule has 1 aromatic carbocycles. The van der Waals surface area contributed by atoms with Crippen molar-refractivity contribution in [3.63, 3.8) is 0 Å². The van der Waals surface area contributed by atoms with E-state index in [1.165, 1.54) is 0 Å². The van der Waals surface area contributed by atoms with Crippen LogP contribution in [0.5, 0.6) is 0 Å². The molecule has 0 fully saturated rings. The van der Waals surface area contributed by atoms with E-state index in [9.17, 15) is 0 Å². The van der Waals surface area contributed by atoms with E-state index in [1.807, 2.05) is 36.4 Å². The standard InChI is InChI=1S/C11H9N2S/c14-11-5-3-9(4-6-11)13-10-2-1-7-12-8-10/h1-8,13H. The lowest BCUT2D eigenvalue weighted by atomic mass is 10.3. The van der Waals surface area contributed by atoms with Gasteiger partial charge in [0.15, 0.2) is 0 Å². The van der Waals surface area contributed by atoms with Gasteiger partial charge in [-0.05, 0) is 36.4 Å². The zero-order valence-corrected chi connectivity index (χ0v) is 8.29. The molecule has 0 unspecified atom stereocenters. The molecule has 1 aromatic heterocycles. The highest BCUT2D eigenvalue weighted by atomic mass is 32.1. The summed E-state index contributed by atoms with van der Waals surface area (Å²) in [6, 6.07) is 11.6. The van der Waals surface area contributed by atoms with Crippen molar-refractivity contribution in [3.8, 4) is 0 Å². The Morgan fingerprint density at radius 2 is 1.79 bits per heavy atom. The highest BCUT2D eigenvalue weighted by molar-refractivity contribution is 7.80. The molecule has 0 saturated carbocycles. The predicted octanol–water partition coefficient (Wildman–Crippen LogP) is 3.38. The van der Waals surface area contributed by atoms with Crippen molar-refractivity contribution in [2.24, 2.45) is 0 Å². The summed E-state index contributed by atoms with van der Waals surface area (Å²) in [5.41, 5.74) is 2.00. The summed E-state index contributed by atoms with van der Waals surface area (Å²) < 4.78 is 0. The van der Waals surface area contributed by atoms with E-state index in [2.05, 4.69) is 10.3 Å². The maximum atomic E-state index is 5.00. The first-order valence-corrected chi connectivity index (χ1v) is 4.69. The molecule has 0 amide bonds. The van der Waals surface area contributed by atoms with Gasteiger partial charge >= 0.3 is 0 Å². The quantitative estimate of drug-likeness (QED) is 0.805. The van der Waals surface area contributed by atoms with Gasteiger partial charge in [-0.2, -0.15) is 0 Å². The molecule has 0 bridgehead atoms. The van der Waals surface area contributed by atoms with Crippen LogP contribution in [0, 0.1) is 0 Å². The van der Waals surface area contributed by atoms with Crippen LogP contribution in [0.4, 0.5) is 11.4 Å². The van der Waals surface area contributed by atoms with Crippen LogP contribution in [0.15, 0.2) is 53.7 Å². The highest BCUT2D eigenvalue weighted by Crippen LogP contribution is 2.16. The molecule has 14 heavy (non-hydrogen) atoms. The fraction of sp³-hybridized carbons (Fsp3) is 0. The second-order valence-electron chi connectivity index (χ2n) is 2.89. The largest absolute Gasteiger partial charge is 0.354 e. The minimum absolute atomic E-state index is 0.849. The molecule has 1 radical (unpaired) electrons. The SMILES string of the molecule is [S]c1ccc(Nc2cccnc2)cc1. The molecular weight excluding hydrogens is 192 g/mol. The Morgan fingerprint density at radius 1 is 1.00 bits per heavy atom. The molecule has 2 rings (SSSR count). The summed E-state index contributed by atoms with van der Waals surface area (Å²) in [5.74, 6) is 0. The molecule has 0 saturated heterocycles. The van der Waals surface area contributed by atoms with Gasteiger partial charge in [0.25, 0.3) is 0 Å². The van der Waals surface area contributed by atoms with Crippen LogP contribution < -0.4 is 5.32 Å². The minimum atomic E-state index is 0.849. The summed E-state index contributed by atoms with van der Waals surface area (Å²) >= 11 is 5.00. The predicted molar refractivity (Wildman–Crippen MR) is 59.8 cm³/mol. The van der Waals surface area contributed by atoms with E-state index in [4.69, 9.17) is 12.6 Å². The Balaban J connectivity index is 2.16. The van der Waals surface area contributed by atoms with E-state index in [1.54, 1.807) is 12.4 Å². The smallest absolute Gasteiger partial charge is 0.0570 e. The molecule has 0 spiro atoms. The van der Waals surface area contributed by atoms with Gasteiger partial charge in [-0.25, -0.2) is 0 Å². The zero-order valence-electron chi connectivity index (χ0n) is 7.47. The van der Waals surface area contributed by atoms with E-state index < -0.39 is 0 Å². The lowest BCUT2D eigenvalue weighted by Crippen LogP contribution is -1.89. The number of rotatable bonds is 2. The van der Waals surface area contributed by atoms with Crippen molar-refractivity contribution in [1.29, 1.82) is 0 Å².